The van der Waals surface area contributed by atoms with Gasteiger partial charge in [0.1, 0.15) is 0 Å². The summed E-state index contributed by atoms with van der Waals surface area (Å²) in [4.78, 5) is 6.79. The van der Waals surface area contributed by atoms with E-state index in [1.807, 2.05) is 4.90 Å². The first kappa shape index (κ1) is 19.1. The second-order valence-corrected chi connectivity index (χ2v) is 7.76. The van der Waals surface area contributed by atoms with Gasteiger partial charge in [-0.25, -0.2) is 8.78 Å². The highest BCUT2D eigenvalue weighted by Gasteiger charge is 2.33. The van der Waals surface area contributed by atoms with Gasteiger partial charge >= 0.3 is 0 Å². The highest BCUT2D eigenvalue weighted by atomic mass is 19.3. The highest BCUT2D eigenvalue weighted by Crippen LogP contribution is 2.23. The van der Waals surface area contributed by atoms with E-state index in [4.69, 9.17) is 0 Å². The van der Waals surface area contributed by atoms with Crippen molar-refractivity contribution in [3.05, 3.63) is 0 Å². The zero-order valence-electron chi connectivity index (χ0n) is 15.2. The molecule has 0 aromatic heterocycles. The lowest BCUT2D eigenvalue weighted by Gasteiger charge is -2.42. The zero-order valence-corrected chi connectivity index (χ0v) is 15.2. The average molecular weight is 331 g/mol. The van der Waals surface area contributed by atoms with Gasteiger partial charge in [-0.2, -0.15) is 0 Å². The molecule has 0 aromatic carbocycles. The molecule has 1 atom stereocenters. The van der Waals surface area contributed by atoms with Crippen molar-refractivity contribution < 1.29 is 8.78 Å². The van der Waals surface area contributed by atoms with Gasteiger partial charge < -0.3 is 9.80 Å². The third-order valence-corrected chi connectivity index (χ3v) is 5.52. The normalized spacial score (nSPS) is 26.5. The Morgan fingerprint density at radius 3 is 2.26 bits per heavy atom. The summed E-state index contributed by atoms with van der Waals surface area (Å²) in [5.41, 5.74) is 0. The first-order valence-corrected chi connectivity index (χ1v) is 9.46. The highest BCUT2D eigenvalue weighted by molar-refractivity contribution is 4.85. The Hall–Kier alpha value is -0.260. The lowest BCUT2D eigenvalue weighted by molar-refractivity contribution is -0.0298. The van der Waals surface area contributed by atoms with Crippen molar-refractivity contribution in [3.63, 3.8) is 0 Å². The number of piperidine rings is 1. The Morgan fingerprint density at radius 2 is 1.70 bits per heavy atom. The molecule has 5 heteroatoms. The first-order valence-electron chi connectivity index (χ1n) is 9.46. The van der Waals surface area contributed by atoms with Crippen molar-refractivity contribution in [1.29, 1.82) is 0 Å². The van der Waals surface area contributed by atoms with Crippen LogP contribution in [0.5, 0.6) is 0 Å². The van der Waals surface area contributed by atoms with Gasteiger partial charge in [0.2, 0.25) is 0 Å². The number of piperazine rings is 1. The number of rotatable bonds is 7. The molecule has 0 bridgehead atoms. The van der Waals surface area contributed by atoms with Gasteiger partial charge in [0.25, 0.3) is 6.43 Å². The third kappa shape index (κ3) is 5.95. The van der Waals surface area contributed by atoms with Crippen molar-refractivity contribution in [3.8, 4) is 0 Å². The average Bonchev–Trinajstić information content (AvgIpc) is 2.53. The number of hydrogen-bond donors (Lipinski definition) is 0. The molecule has 136 valence electrons. The van der Waals surface area contributed by atoms with Crippen LogP contribution in [0, 0.1) is 11.8 Å². The summed E-state index contributed by atoms with van der Waals surface area (Å²) in [5.74, 6) is 1.24. The van der Waals surface area contributed by atoms with Gasteiger partial charge in [0.05, 0.1) is 6.04 Å². The summed E-state index contributed by atoms with van der Waals surface area (Å²) in [7, 11) is 0. The van der Waals surface area contributed by atoms with Gasteiger partial charge in [-0.1, -0.05) is 20.8 Å². The number of nitrogens with zero attached hydrogens (tertiary/aromatic N) is 3. The fraction of sp³-hybridized carbons (Fsp3) is 1.00. The molecule has 0 aliphatic carbocycles. The second-order valence-electron chi connectivity index (χ2n) is 7.76. The van der Waals surface area contributed by atoms with Gasteiger partial charge in [-0.05, 0) is 57.3 Å². The van der Waals surface area contributed by atoms with Crippen LogP contribution < -0.4 is 0 Å². The quantitative estimate of drug-likeness (QED) is 0.710. The molecular formula is C18H35F2N3. The Labute approximate surface area is 141 Å². The fourth-order valence-electron chi connectivity index (χ4n) is 4.00. The molecule has 0 aromatic rings. The smallest absolute Gasteiger partial charge is 0.255 e. The van der Waals surface area contributed by atoms with Crippen LogP contribution >= 0.6 is 0 Å². The van der Waals surface area contributed by atoms with Crippen LogP contribution in [-0.4, -0.2) is 79.5 Å². The Morgan fingerprint density at radius 1 is 1.00 bits per heavy atom. The molecule has 2 aliphatic rings. The van der Waals surface area contributed by atoms with Gasteiger partial charge in [0.15, 0.2) is 0 Å². The van der Waals surface area contributed by atoms with Crippen molar-refractivity contribution in [1.82, 2.24) is 14.7 Å². The molecule has 2 rings (SSSR count). The second kappa shape index (κ2) is 9.28. The van der Waals surface area contributed by atoms with Crippen LogP contribution in [0.4, 0.5) is 8.78 Å². The molecule has 3 nitrogen and oxygen atoms in total. The Balaban J connectivity index is 1.74. The molecule has 0 amide bonds. The minimum Gasteiger partial charge on any atom is -0.304 e. The number of halogens is 2. The maximum Gasteiger partial charge on any atom is 0.255 e. The van der Waals surface area contributed by atoms with Crippen LogP contribution in [0.25, 0.3) is 0 Å². The lowest BCUT2D eigenvalue weighted by Crippen LogP contribution is -2.57. The first-order chi connectivity index (χ1) is 11.0. The van der Waals surface area contributed by atoms with E-state index in [0.29, 0.717) is 12.5 Å². The predicted molar refractivity (Wildman–Crippen MR) is 92.1 cm³/mol. The van der Waals surface area contributed by atoms with E-state index in [1.165, 1.54) is 32.4 Å². The number of likely N-dealkylation sites (tertiary alicyclic amines) is 1. The van der Waals surface area contributed by atoms with E-state index in [1.54, 1.807) is 0 Å². The van der Waals surface area contributed by atoms with Crippen molar-refractivity contribution in [2.75, 3.05) is 52.4 Å². The van der Waals surface area contributed by atoms with E-state index in [0.717, 1.165) is 38.6 Å². The maximum absolute atomic E-state index is 13.4. The van der Waals surface area contributed by atoms with E-state index >= 15 is 0 Å². The fourth-order valence-corrected chi connectivity index (χ4v) is 4.00. The van der Waals surface area contributed by atoms with Crippen molar-refractivity contribution in [2.24, 2.45) is 11.8 Å². The minimum atomic E-state index is -2.23. The summed E-state index contributed by atoms with van der Waals surface area (Å²) in [5, 5.41) is 0. The molecule has 0 saturated carbocycles. The summed E-state index contributed by atoms with van der Waals surface area (Å²) in [6, 6.07) is -0.576. The lowest BCUT2D eigenvalue weighted by atomic mass is 9.93. The number of alkyl halides is 2. The van der Waals surface area contributed by atoms with E-state index in [2.05, 4.69) is 30.6 Å². The zero-order chi connectivity index (χ0) is 16.8. The molecule has 2 saturated heterocycles. The minimum absolute atomic E-state index is 0.451. The van der Waals surface area contributed by atoms with Gasteiger partial charge in [-0.3, -0.25) is 4.90 Å². The molecule has 2 fully saturated rings. The van der Waals surface area contributed by atoms with Crippen LogP contribution in [0.15, 0.2) is 0 Å². The van der Waals surface area contributed by atoms with E-state index in [-0.39, 0.29) is 0 Å². The number of hydrogen-bond acceptors (Lipinski definition) is 3. The molecule has 0 spiro atoms. The largest absolute Gasteiger partial charge is 0.304 e. The van der Waals surface area contributed by atoms with Gasteiger partial charge in [0, 0.05) is 26.2 Å². The van der Waals surface area contributed by atoms with Crippen LogP contribution in [-0.2, 0) is 0 Å². The molecule has 2 aliphatic heterocycles. The summed E-state index contributed by atoms with van der Waals surface area (Å²) < 4.78 is 26.8. The van der Waals surface area contributed by atoms with Crippen molar-refractivity contribution >= 4 is 0 Å². The Bertz CT molecular complexity index is 330. The van der Waals surface area contributed by atoms with E-state index in [9.17, 15) is 8.78 Å². The SMILES string of the molecule is CCN1CCC(CCN2CCN(CC(C)C)C(C(F)F)C2)CC1. The van der Waals surface area contributed by atoms with Crippen molar-refractivity contribution in [2.45, 2.75) is 52.5 Å². The van der Waals surface area contributed by atoms with Crippen LogP contribution in [0.3, 0.4) is 0 Å². The van der Waals surface area contributed by atoms with Crippen LogP contribution in [0.1, 0.15) is 40.0 Å². The molecular weight excluding hydrogens is 296 g/mol. The molecule has 0 N–H and O–H groups in total. The topological polar surface area (TPSA) is 9.72 Å². The monoisotopic (exact) mass is 331 g/mol. The van der Waals surface area contributed by atoms with Crippen LogP contribution in [0.2, 0.25) is 0 Å². The third-order valence-electron chi connectivity index (χ3n) is 5.52. The summed E-state index contributed by atoms with van der Waals surface area (Å²) in [6.45, 7) is 14.1. The Kier molecular flexibility index (Phi) is 7.70. The summed E-state index contributed by atoms with van der Waals surface area (Å²) in [6.07, 6.45) is 1.50. The maximum atomic E-state index is 13.4. The van der Waals surface area contributed by atoms with E-state index < -0.39 is 12.5 Å². The predicted octanol–water partition coefficient (Wildman–Crippen LogP) is 3.02. The molecule has 2 heterocycles. The van der Waals surface area contributed by atoms with Gasteiger partial charge in [-0.15, -0.1) is 0 Å². The summed E-state index contributed by atoms with van der Waals surface area (Å²) >= 11 is 0. The standard InChI is InChI=1S/C18H35F2N3/c1-4-21-8-5-16(6-9-21)7-10-22-11-12-23(13-15(2)3)17(14-22)18(19)20/h15-18H,4-14H2,1-3H3. The molecule has 0 radical (unpaired) electrons. The molecule has 1 unspecified atom stereocenters. The molecule has 23 heavy (non-hydrogen) atoms.